The second-order valence-electron chi connectivity index (χ2n) is 3.48. The van der Waals surface area contributed by atoms with Crippen molar-refractivity contribution < 1.29 is 0 Å². The highest BCUT2D eigenvalue weighted by Crippen LogP contribution is 2.26. The van der Waals surface area contributed by atoms with Crippen LogP contribution in [0.2, 0.25) is 0 Å². The number of fused-ring (bicyclic) bond motifs is 1. The van der Waals surface area contributed by atoms with E-state index in [1.165, 1.54) is 16.9 Å². The number of anilines is 2. The Morgan fingerprint density at radius 1 is 1.33 bits per heavy atom. The maximum Gasteiger partial charge on any atom is 0.0581 e. The molecule has 2 heteroatoms. The highest BCUT2D eigenvalue weighted by atomic mass is 15.1. The van der Waals surface area contributed by atoms with Crippen LogP contribution in [0.5, 0.6) is 0 Å². The van der Waals surface area contributed by atoms with Gasteiger partial charge >= 0.3 is 0 Å². The van der Waals surface area contributed by atoms with Gasteiger partial charge in [-0.15, -0.1) is 0 Å². The fraction of sp³-hybridized carbons (Fsp3) is 0.400. The molecule has 12 heavy (non-hydrogen) atoms. The summed E-state index contributed by atoms with van der Waals surface area (Å²) in [5.74, 6) is 0. The van der Waals surface area contributed by atoms with Crippen molar-refractivity contribution in [3.05, 3.63) is 23.8 Å². The van der Waals surface area contributed by atoms with Gasteiger partial charge < -0.3 is 10.6 Å². The maximum atomic E-state index is 3.44. The molecule has 1 aromatic rings. The minimum Gasteiger partial charge on any atom is -0.381 e. The molecular formula is C10H14N2. The quantitative estimate of drug-likeness (QED) is 0.611. The Bertz CT molecular complexity index is 294. The van der Waals surface area contributed by atoms with Gasteiger partial charge in [0, 0.05) is 12.6 Å². The molecule has 1 heterocycles. The Labute approximate surface area is 73.0 Å². The molecule has 1 aliphatic rings. The zero-order valence-corrected chi connectivity index (χ0v) is 7.52. The first-order chi connectivity index (χ1) is 5.75. The molecule has 0 radical (unpaired) electrons. The van der Waals surface area contributed by atoms with Gasteiger partial charge in [-0.3, -0.25) is 0 Å². The third kappa shape index (κ3) is 1.24. The van der Waals surface area contributed by atoms with Crippen LogP contribution in [0.25, 0.3) is 0 Å². The minimum atomic E-state index is 0.527. The minimum absolute atomic E-state index is 0.527. The predicted molar refractivity (Wildman–Crippen MR) is 52.8 cm³/mol. The van der Waals surface area contributed by atoms with Gasteiger partial charge in [0.2, 0.25) is 0 Å². The Kier molecular flexibility index (Phi) is 1.68. The molecule has 1 aliphatic heterocycles. The molecule has 2 nitrogen and oxygen atoms in total. The summed E-state index contributed by atoms with van der Waals surface area (Å²) in [5, 5.41) is 6.82. The molecule has 0 spiro atoms. The normalized spacial score (nSPS) is 20.7. The summed E-state index contributed by atoms with van der Waals surface area (Å²) in [6.07, 6.45) is 0. The summed E-state index contributed by atoms with van der Waals surface area (Å²) in [4.78, 5) is 0. The summed E-state index contributed by atoms with van der Waals surface area (Å²) in [6.45, 7) is 5.30. The molecule has 1 unspecified atom stereocenters. The van der Waals surface area contributed by atoms with E-state index in [1.807, 2.05) is 0 Å². The van der Waals surface area contributed by atoms with Crippen LogP contribution < -0.4 is 10.6 Å². The molecule has 0 aromatic heterocycles. The van der Waals surface area contributed by atoms with Gasteiger partial charge in [-0.1, -0.05) is 6.07 Å². The first-order valence-electron chi connectivity index (χ1n) is 4.37. The van der Waals surface area contributed by atoms with Crippen LogP contribution in [0.4, 0.5) is 11.4 Å². The molecule has 1 atom stereocenters. The van der Waals surface area contributed by atoms with Crippen molar-refractivity contribution in [2.24, 2.45) is 0 Å². The molecule has 2 N–H and O–H groups in total. The van der Waals surface area contributed by atoms with Crippen LogP contribution in [0.3, 0.4) is 0 Å². The maximum absolute atomic E-state index is 3.44. The largest absolute Gasteiger partial charge is 0.381 e. The van der Waals surface area contributed by atoms with E-state index in [1.54, 1.807) is 0 Å². The van der Waals surface area contributed by atoms with E-state index in [-0.39, 0.29) is 0 Å². The Balaban J connectivity index is 2.37. The number of nitrogens with one attached hydrogen (secondary N) is 2. The number of rotatable bonds is 0. The standard InChI is InChI=1S/C10H14N2/c1-7-3-4-9-10(5-7)12-8(2)6-11-9/h3-5,8,11-12H,6H2,1-2H3. The zero-order valence-electron chi connectivity index (χ0n) is 7.52. The van der Waals surface area contributed by atoms with Crippen molar-refractivity contribution >= 4 is 11.4 Å². The fourth-order valence-electron chi connectivity index (χ4n) is 1.51. The van der Waals surface area contributed by atoms with E-state index in [0.717, 1.165) is 6.54 Å². The van der Waals surface area contributed by atoms with Crippen LogP contribution in [-0.2, 0) is 0 Å². The lowest BCUT2D eigenvalue weighted by atomic mass is 10.1. The number of aryl methyl sites for hydroxylation is 1. The van der Waals surface area contributed by atoms with E-state index in [4.69, 9.17) is 0 Å². The lowest BCUT2D eigenvalue weighted by Gasteiger charge is -2.25. The lowest BCUT2D eigenvalue weighted by Crippen LogP contribution is -2.29. The predicted octanol–water partition coefficient (Wildman–Crippen LogP) is 2.22. The van der Waals surface area contributed by atoms with Gasteiger partial charge in [0.05, 0.1) is 11.4 Å². The average Bonchev–Trinajstić information content (AvgIpc) is 2.03. The molecule has 0 bridgehead atoms. The summed E-state index contributed by atoms with van der Waals surface area (Å²) in [6, 6.07) is 6.96. The summed E-state index contributed by atoms with van der Waals surface area (Å²) in [7, 11) is 0. The Morgan fingerprint density at radius 3 is 3.00 bits per heavy atom. The monoisotopic (exact) mass is 162 g/mol. The third-order valence-corrected chi connectivity index (χ3v) is 2.18. The van der Waals surface area contributed by atoms with E-state index >= 15 is 0 Å². The second-order valence-corrected chi connectivity index (χ2v) is 3.48. The van der Waals surface area contributed by atoms with Gasteiger partial charge in [0.1, 0.15) is 0 Å². The van der Waals surface area contributed by atoms with E-state index in [9.17, 15) is 0 Å². The third-order valence-electron chi connectivity index (χ3n) is 2.18. The van der Waals surface area contributed by atoms with E-state index in [0.29, 0.717) is 6.04 Å². The van der Waals surface area contributed by atoms with Gasteiger partial charge in [0.25, 0.3) is 0 Å². The molecule has 1 aromatic carbocycles. The fourth-order valence-corrected chi connectivity index (χ4v) is 1.51. The summed E-state index contributed by atoms with van der Waals surface area (Å²) >= 11 is 0. The van der Waals surface area contributed by atoms with Crippen molar-refractivity contribution in [3.8, 4) is 0 Å². The van der Waals surface area contributed by atoms with Crippen molar-refractivity contribution in [1.29, 1.82) is 0 Å². The SMILES string of the molecule is Cc1ccc2c(c1)NC(C)CN2. The van der Waals surface area contributed by atoms with Gasteiger partial charge in [-0.2, -0.15) is 0 Å². The molecule has 0 aliphatic carbocycles. The van der Waals surface area contributed by atoms with Crippen LogP contribution >= 0.6 is 0 Å². The summed E-state index contributed by atoms with van der Waals surface area (Å²) in [5.41, 5.74) is 3.75. The van der Waals surface area contributed by atoms with Crippen LogP contribution in [0.1, 0.15) is 12.5 Å². The Morgan fingerprint density at radius 2 is 2.17 bits per heavy atom. The van der Waals surface area contributed by atoms with Crippen molar-refractivity contribution in [1.82, 2.24) is 0 Å². The Hall–Kier alpha value is -1.18. The first-order valence-corrected chi connectivity index (χ1v) is 4.37. The zero-order chi connectivity index (χ0) is 8.55. The average molecular weight is 162 g/mol. The second kappa shape index (κ2) is 2.70. The van der Waals surface area contributed by atoms with Crippen LogP contribution in [0.15, 0.2) is 18.2 Å². The van der Waals surface area contributed by atoms with E-state index < -0.39 is 0 Å². The van der Waals surface area contributed by atoms with Gasteiger partial charge in [-0.05, 0) is 31.5 Å². The molecule has 0 saturated heterocycles. The van der Waals surface area contributed by atoms with Crippen LogP contribution in [0, 0.1) is 6.92 Å². The molecule has 0 fully saturated rings. The first kappa shape index (κ1) is 7.47. The molecule has 0 saturated carbocycles. The highest BCUT2D eigenvalue weighted by Gasteiger charge is 2.11. The van der Waals surface area contributed by atoms with Gasteiger partial charge in [0.15, 0.2) is 0 Å². The lowest BCUT2D eigenvalue weighted by molar-refractivity contribution is 0.817. The van der Waals surface area contributed by atoms with Crippen molar-refractivity contribution in [2.45, 2.75) is 19.9 Å². The molecular weight excluding hydrogens is 148 g/mol. The molecule has 2 rings (SSSR count). The topological polar surface area (TPSA) is 24.1 Å². The molecule has 64 valence electrons. The van der Waals surface area contributed by atoms with Crippen molar-refractivity contribution in [3.63, 3.8) is 0 Å². The van der Waals surface area contributed by atoms with E-state index in [2.05, 4.69) is 42.7 Å². The van der Waals surface area contributed by atoms with Crippen molar-refractivity contribution in [2.75, 3.05) is 17.2 Å². The van der Waals surface area contributed by atoms with Crippen LogP contribution in [-0.4, -0.2) is 12.6 Å². The number of benzene rings is 1. The number of hydrogen-bond acceptors (Lipinski definition) is 2. The summed E-state index contributed by atoms with van der Waals surface area (Å²) < 4.78 is 0. The highest BCUT2D eigenvalue weighted by molar-refractivity contribution is 5.71. The van der Waals surface area contributed by atoms with Gasteiger partial charge in [-0.25, -0.2) is 0 Å². The smallest absolute Gasteiger partial charge is 0.0581 e. The molecule has 0 amide bonds. The number of hydrogen-bond donors (Lipinski definition) is 2.